The number of nitrogens with zero attached hydrogens (tertiary/aromatic N) is 2. The van der Waals surface area contributed by atoms with Gasteiger partial charge in [-0.15, -0.1) is 22.4 Å². The third-order valence-corrected chi connectivity index (χ3v) is 2.11. The maximum Gasteiger partial charge on any atom is 0.123 e. The Kier molecular flexibility index (Phi) is 3.13. The van der Waals surface area contributed by atoms with Gasteiger partial charge in [-0.3, -0.25) is 0 Å². The topological polar surface area (TPSA) is 58.9 Å². The van der Waals surface area contributed by atoms with Crippen LogP contribution < -0.4 is 0 Å². The van der Waals surface area contributed by atoms with Crippen LogP contribution in [0.5, 0.6) is 0 Å². The molecular formula is C8H8N2O2S. The molecule has 1 aromatic carbocycles. The summed E-state index contributed by atoms with van der Waals surface area (Å²) in [5, 5.41) is 5.54. The van der Waals surface area contributed by atoms with Gasteiger partial charge in [0.05, 0.1) is 0 Å². The first-order valence-electron chi connectivity index (χ1n) is 3.75. The number of hydrogen-bond acceptors (Lipinski definition) is 5. The van der Waals surface area contributed by atoms with E-state index in [1.165, 1.54) is 6.07 Å². The van der Waals surface area contributed by atoms with Gasteiger partial charge in [-0.05, 0) is 34.5 Å². The largest absolute Gasteiger partial charge is 0.145 e. The van der Waals surface area contributed by atoms with Gasteiger partial charge in [0.25, 0.3) is 0 Å². The van der Waals surface area contributed by atoms with Crippen LogP contribution in [0.1, 0.15) is 12.5 Å². The zero-order valence-electron chi connectivity index (χ0n) is 7.02. The molecule has 0 unspecified atom stereocenters. The molecule has 0 fully saturated rings. The molecule has 68 valence electrons. The van der Waals surface area contributed by atoms with Gasteiger partial charge in [0.2, 0.25) is 0 Å². The van der Waals surface area contributed by atoms with E-state index in [0.29, 0.717) is 11.3 Å². The second-order valence-electron chi connectivity index (χ2n) is 2.51. The summed E-state index contributed by atoms with van der Waals surface area (Å²) in [6, 6.07) is 2.98. The van der Waals surface area contributed by atoms with Crippen LogP contribution >= 0.6 is 12.6 Å². The summed E-state index contributed by atoms with van der Waals surface area (Å²) in [6.07, 6.45) is 0.674. The molecule has 0 radical (unpaired) electrons. The van der Waals surface area contributed by atoms with Crippen LogP contribution in [0.2, 0.25) is 0 Å². The molecule has 0 heterocycles. The molecular weight excluding hydrogens is 188 g/mol. The Morgan fingerprint density at radius 1 is 1.23 bits per heavy atom. The standard InChI is InChI=1S/C8H8N2O2S/c1-2-5-3-8(13)7(10-12)4-6(5)9-11/h3-4,13H,2H2,1H3. The highest BCUT2D eigenvalue weighted by Gasteiger charge is 2.07. The monoisotopic (exact) mass is 196 g/mol. The lowest BCUT2D eigenvalue weighted by atomic mass is 10.1. The molecule has 0 N–H and O–H groups in total. The number of aryl methyl sites for hydroxylation is 1. The van der Waals surface area contributed by atoms with Crippen molar-refractivity contribution >= 4 is 24.0 Å². The van der Waals surface area contributed by atoms with Gasteiger partial charge in [0, 0.05) is 4.90 Å². The highest BCUT2D eigenvalue weighted by atomic mass is 32.1. The fourth-order valence-electron chi connectivity index (χ4n) is 1.05. The van der Waals surface area contributed by atoms with Crippen LogP contribution in [0.15, 0.2) is 27.4 Å². The Balaban J connectivity index is 3.34. The molecule has 0 bridgehead atoms. The van der Waals surface area contributed by atoms with Crippen LogP contribution in [0.25, 0.3) is 0 Å². The van der Waals surface area contributed by atoms with Gasteiger partial charge in [-0.1, -0.05) is 6.92 Å². The minimum atomic E-state index is 0.148. The summed E-state index contributed by atoms with van der Waals surface area (Å²) in [5.41, 5.74) is 1.18. The molecule has 0 aliphatic rings. The van der Waals surface area contributed by atoms with Crippen molar-refractivity contribution in [2.75, 3.05) is 0 Å². The second kappa shape index (κ2) is 4.13. The van der Waals surface area contributed by atoms with Gasteiger partial charge in [0.1, 0.15) is 11.4 Å². The van der Waals surface area contributed by atoms with Crippen molar-refractivity contribution in [2.24, 2.45) is 10.4 Å². The van der Waals surface area contributed by atoms with E-state index < -0.39 is 0 Å². The highest BCUT2D eigenvalue weighted by molar-refractivity contribution is 7.80. The van der Waals surface area contributed by atoms with Crippen LogP contribution in [0.4, 0.5) is 11.4 Å². The molecule has 13 heavy (non-hydrogen) atoms. The van der Waals surface area contributed by atoms with E-state index in [-0.39, 0.29) is 11.4 Å². The summed E-state index contributed by atoms with van der Waals surface area (Å²) < 4.78 is 0. The van der Waals surface area contributed by atoms with Crippen LogP contribution in [-0.2, 0) is 6.42 Å². The van der Waals surface area contributed by atoms with Gasteiger partial charge >= 0.3 is 0 Å². The van der Waals surface area contributed by atoms with E-state index in [4.69, 9.17) is 0 Å². The number of rotatable bonds is 3. The van der Waals surface area contributed by atoms with Crippen LogP contribution in [0, 0.1) is 9.81 Å². The maximum atomic E-state index is 10.3. The van der Waals surface area contributed by atoms with Crippen molar-refractivity contribution < 1.29 is 0 Å². The van der Waals surface area contributed by atoms with Crippen LogP contribution in [0.3, 0.4) is 0 Å². The predicted molar refractivity (Wildman–Crippen MR) is 54.0 cm³/mol. The number of thiol groups is 1. The van der Waals surface area contributed by atoms with E-state index in [9.17, 15) is 9.81 Å². The van der Waals surface area contributed by atoms with Crippen molar-refractivity contribution in [1.29, 1.82) is 0 Å². The first kappa shape index (κ1) is 9.85. The normalized spacial score (nSPS) is 9.69. The fraction of sp³-hybridized carbons (Fsp3) is 0.250. The minimum absolute atomic E-state index is 0.148. The summed E-state index contributed by atoms with van der Waals surface area (Å²) in [7, 11) is 0. The summed E-state index contributed by atoms with van der Waals surface area (Å²) in [6.45, 7) is 1.89. The van der Waals surface area contributed by atoms with E-state index in [1.54, 1.807) is 6.07 Å². The lowest BCUT2D eigenvalue weighted by Gasteiger charge is -2.02. The minimum Gasteiger partial charge on any atom is -0.145 e. The molecule has 0 amide bonds. The summed E-state index contributed by atoms with van der Waals surface area (Å²) in [5.74, 6) is 0. The van der Waals surface area contributed by atoms with Gasteiger partial charge in [0.15, 0.2) is 0 Å². The molecule has 0 atom stereocenters. The van der Waals surface area contributed by atoms with E-state index in [0.717, 1.165) is 5.56 Å². The fourth-order valence-corrected chi connectivity index (χ4v) is 1.31. The van der Waals surface area contributed by atoms with E-state index in [2.05, 4.69) is 23.0 Å². The Hall–Kier alpha value is -1.23. The molecule has 5 heteroatoms. The Bertz CT molecular complexity index is 352. The quantitative estimate of drug-likeness (QED) is 0.595. The molecule has 1 aromatic rings. The molecule has 0 saturated carbocycles. The summed E-state index contributed by atoms with van der Waals surface area (Å²) >= 11 is 4.05. The highest BCUT2D eigenvalue weighted by Crippen LogP contribution is 2.31. The summed E-state index contributed by atoms with van der Waals surface area (Å²) in [4.78, 5) is 21.1. The SMILES string of the molecule is CCc1cc(S)c(N=O)cc1N=O. The Morgan fingerprint density at radius 3 is 2.31 bits per heavy atom. The third kappa shape index (κ3) is 1.92. The first-order valence-corrected chi connectivity index (χ1v) is 4.20. The maximum absolute atomic E-state index is 10.3. The van der Waals surface area contributed by atoms with Gasteiger partial charge in [-0.25, -0.2) is 0 Å². The smallest absolute Gasteiger partial charge is 0.123 e. The zero-order valence-corrected chi connectivity index (χ0v) is 7.91. The number of benzene rings is 1. The molecule has 0 aromatic heterocycles. The average molecular weight is 196 g/mol. The Labute approximate surface area is 80.7 Å². The van der Waals surface area contributed by atoms with E-state index in [1.807, 2.05) is 6.92 Å². The van der Waals surface area contributed by atoms with Crippen molar-refractivity contribution in [3.8, 4) is 0 Å². The first-order chi connectivity index (χ1) is 6.22. The third-order valence-electron chi connectivity index (χ3n) is 1.75. The molecule has 1 rings (SSSR count). The van der Waals surface area contributed by atoms with Crippen molar-refractivity contribution in [2.45, 2.75) is 18.2 Å². The predicted octanol–water partition coefficient (Wildman–Crippen LogP) is 3.33. The molecule has 0 aliphatic carbocycles. The van der Waals surface area contributed by atoms with Gasteiger partial charge in [-0.2, -0.15) is 0 Å². The molecule has 0 saturated heterocycles. The lowest BCUT2D eigenvalue weighted by molar-refractivity contribution is 1.11. The van der Waals surface area contributed by atoms with E-state index >= 15 is 0 Å². The Morgan fingerprint density at radius 2 is 1.85 bits per heavy atom. The van der Waals surface area contributed by atoms with Crippen molar-refractivity contribution in [1.82, 2.24) is 0 Å². The van der Waals surface area contributed by atoms with Crippen molar-refractivity contribution in [3.63, 3.8) is 0 Å². The lowest BCUT2D eigenvalue weighted by Crippen LogP contribution is -1.81. The van der Waals surface area contributed by atoms with Crippen LogP contribution in [-0.4, -0.2) is 0 Å². The number of hydrogen-bond donors (Lipinski definition) is 1. The molecule has 4 nitrogen and oxygen atoms in total. The van der Waals surface area contributed by atoms with Crippen molar-refractivity contribution in [3.05, 3.63) is 27.5 Å². The van der Waals surface area contributed by atoms with Gasteiger partial charge < -0.3 is 0 Å². The molecule has 0 spiro atoms. The second-order valence-corrected chi connectivity index (χ2v) is 2.99. The average Bonchev–Trinajstić information content (AvgIpc) is 2.17. The number of nitroso groups, excluding NO2 is 2. The zero-order chi connectivity index (χ0) is 9.84. The molecule has 0 aliphatic heterocycles.